The molecule has 2 aromatic rings. The number of nitro groups is 1. The van der Waals surface area contributed by atoms with Gasteiger partial charge in [-0.25, -0.2) is 0 Å². The van der Waals surface area contributed by atoms with E-state index in [0.717, 1.165) is 0 Å². The van der Waals surface area contributed by atoms with E-state index in [1.807, 2.05) is 6.07 Å². The number of hydrogen-bond acceptors (Lipinski definition) is 5. The molecule has 0 aliphatic rings. The van der Waals surface area contributed by atoms with Crippen LogP contribution in [-0.2, 0) is 0 Å². The van der Waals surface area contributed by atoms with E-state index < -0.39 is 4.92 Å². The number of anilines is 3. The highest BCUT2D eigenvalue weighted by atomic mass is 16.6. The minimum atomic E-state index is -0.571. The van der Waals surface area contributed by atoms with E-state index in [1.54, 1.807) is 36.4 Å². The zero-order valence-corrected chi connectivity index (χ0v) is 9.83. The number of rotatable bonds is 3. The lowest BCUT2D eigenvalue weighted by molar-refractivity contribution is -0.384. The SMILES string of the molecule is N#Cc1cccc(Nc2ccc(N)cc2)c1[N+](=O)[O-]. The molecule has 94 valence electrons. The predicted octanol–water partition coefficient (Wildman–Crippen LogP) is 2.79. The first-order valence-corrected chi connectivity index (χ1v) is 5.42. The highest BCUT2D eigenvalue weighted by Gasteiger charge is 2.19. The van der Waals surface area contributed by atoms with Crippen molar-refractivity contribution in [1.82, 2.24) is 0 Å². The Balaban J connectivity index is 2.43. The maximum absolute atomic E-state index is 11.0. The largest absolute Gasteiger partial charge is 0.399 e. The summed E-state index contributed by atoms with van der Waals surface area (Å²) < 4.78 is 0. The monoisotopic (exact) mass is 254 g/mol. The van der Waals surface area contributed by atoms with Gasteiger partial charge in [-0.2, -0.15) is 5.26 Å². The number of nitriles is 1. The van der Waals surface area contributed by atoms with Crippen LogP contribution in [0.25, 0.3) is 0 Å². The first-order chi connectivity index (χ1) is 9.11. The summed E-state index contributed by atoms with van der Waals surface area (Å²) >= 11 is 0. The molecular formula is C13H10N4O2. The minimum absolute atomic E-state index is 0.0189. The molecule has 0 saturated heterocycles. The van der Waals surface area contributed by atoms with Gasteiger partial charge >= 0.3 is 5.69 Å². The molecule has 6 nitrogen and oxygen atoms in total. The summed E-state index contributed by atoms with van der Waals surface area (Å²) in [4.78, 5) is 10.5. The summed E-state index contributed by atoms with van der Waals surface area (Å²) in [6.07, 6.45) is 0. The van der Waals surface area contributed by atoms with E-state index in [0.29, 0.717) is 11.4 Å². The van der Waals surface area contributed by atoms with Crippen LogP contribution in [0.5, 0.6) is 0 Å². The smallest absolute Gasteiger partial charge is 0.310 e. The molecule has 0 bridgehead atoms. The van der Waals surface area contributed by atoms with Gasteiger partial charge in [0, 0.05) is 11.4 Å². The lowest BCUT2D eigenvalue weighted by Crippen LogP contribution is -1.99. The number of nitrogens with two attached hydrogens (primary N) is 1. The first-order valence-electron chi connectivity index (χ1n) is 5.42. The Morgan fingerprint density at radius 2 is 1.89 bits per heavy atom. The van der Waals surface area contributed by atoms with Crippen molar-refractivity contribution >= 4 is 22.7 Å². The molecule has 0 unspecified atom stereocenters. The van der Waals surface area contributed by atoms with Gasteiger partial charge in [-0.1, -0.05) is 6.07 Å². The average molecular weight is 254 g/mol. The fraction of sp³-hybridized carbons (Fsp3) is 0. The Labute approximate surface area is 109 Å². The van der Waals surface area contributed by atoms with Crippen molar-refractivity contribution in [2.75, 3.05) is 11.1 Å². The molecule has 0 spiro atoms. The second kappa shape index (κ2) is 5.06. The molecule has 0 amide bonds. The van der Waals surface area contributed by atoms with E-state index in [9.17, 15) is 10.1 Å². The number of nitrogen functional groups attached to an aromatic ring is 1. The Kier molecular flexibility index (Phi) is 3.30. The summed E-state index contributed by atoms with van der Waals surface area (Å²) in [6, 6.07) is 13.1. The molecule has 0 fully saturated rings. The van der Waals surface area contributed by atoms with E-state index in [2.05, 4.69) is 5.32 Å². The fourth-order valence-corrected chi connectivity index (χ4v) is 1.65. The lowest BCUT2D eigenvalue weighted by Gasteiger charge is -2.08. The van der Waals surface area contributed by atoms with Gasteiger partial charge in [-0.3, -0.25) is 10.1 Å². The Hall–Kier alpha value is -3.07. The highest BCUT2D eigenvalue weighted by molar-refractivity contribution is 5.74. The van der Waals surface area contributed by atoms with Crippen molar-refractivity contribution in [2.45, 2.75) is 0 Å². The van der Waals surface area contributed by atoms with Gasteiger partial charge in [0.15, 0.2) is 0 Å². The highest BCUT2D eigenvalue weighted by Crippen LogP contribution is 2.30. The third-order valence-electron chi connectivity index (χ3n) is 2.53. The number of nitro benzene ring substituents is 1. The van der Waals surface area contributed by atoms with Crippen molar-refractivity contribution in [3.05, 3.63) is 58.1 Å². The van der Waals surface area contributed by atoms with Gasteiger partial charge in [-0.05, 0) is 36.4 Å². The van der Waals surface area contributed by atoms with Crippen molar-refractivity contribution in [3.8, 4) is 6.07 Å². The number of para-hydroxylation sites is 1. The summed E-state index contributed by atoms with van der Waals surface area (Å²) in [6.45, 7) is 0. The number of nitrogens with one attached hydrogen (secondary N) is 1. The van der Waals surface area contributed by atoms with Gasteiger partial charge in [-0.15, -0.1) is 0 Å². The van der Waals surface area contributed by atoms with E-state index >= 15 is 0 Å². The lowest BCUT2D eigenvalue weighted by atomic mass is 10.1. The molecule has 0 aliphatic carbocycles. The van der Waals surface area contributed by atoms with Crippen LogP contribution in [0, 0.1) is 21.4 Å². The van der Waals surface area contributed by atoms with Crippen molar-refractivity contribution < 1.29 is 4.92 Å². The zero-order valence-electron chi connectivity index (χ0n) is 9.83. The average Bonchev–Trinajstić information content (AvgIpc) is 2.40. The third kappa shape index (κ3) is 2.61. The van der Waals surface area contributed by atoms with Gasteiger partial charge in [0.25, 0.3) is 0 Å². The van der Waals surface area contributed by atoms with Crippen molar-refractivity contribution in [3.63, 3.8) is 0 Å². The van der Waals surface area contributed by atoms with Crippen LogP contribution in [0.15, 0.2) is 42.5 Å². The molecule has 6 heteroatoms. The topological polar surface area (TPSA) is 105 Å². The van der Waals surface area contributed by atoms with Crippen LogP contribution < -0.4 is 11.1 Å². The van der Waals surface area contributed by atoms with Gasteiger partial charge in [0.1, 0.15) is 17.3 Å². The summed E-state index contributed by atoms with van der Waals surface area (Å²) in [5.74, 6) is 0. The predicted molar refractivity (Wildman–Crippen MR) is 71.9 cm³/mol. The molecule has 3 N–H and O–H groups in total. The number of hydrogen-bond donors (Lipinski definition) is 2. The molecule has 0 atom stereocenters. The van der Waals surface area contributed by atoms with Crippen LogP contribution in [0.3, 0.4) is 0 Å². The molecule has 2 rings (SSSR count). The standard InChI is InChI=1S/C13H10N4O2/c14-8-9-2-1-3-12(13(9)17(18)19)16-11-6-4-10(15)5-7-11/h1-7,16H,15H2. The summed E-state index contributed by atoms with van der Waals surface area (Å²) in [5.41, 5.74) is 6.88. The van der Waals surface area contributed by atoms with Crippen LogP contribution in [0.2, 0.25) is 0 Å². The number of nitrogens with zero attached hydrogens (tertiary/aromatic N) is 2. The third-order valence-corrected chi connectivity index (χ3v) is 2.53. The van der Waals surface area contributed by atoms with Crippen molar-refractivity contribution in [1.29, 1.82) is 5.26 Å². The maximum atomic E-state index is 11.0. The van der Waals surface area contributed by atoms with Gasteiger partial charge < -0.3 is 11.1 Å². The Morgan fingerprint density at radius 3 is 2.47 bits per heavy atom. The Morgan fingerprint density at radius 1 is 1.21 bits per heavy atom. The quantitative estimate of drug-likeness (QED) is 0.497. The van der Waals surface area contributed by atoms with E-state index in [1.165, 1.54) is 6.07 Å². The van der Waals surface area contributed by atoms with Crippen molar-refractivity contribution in [2.24, 2.45) is 0 Å². The molecule has 2 aromatic carbocycles. The molecule has 0 aliphatic heterocycles. The van der Waals surface area contributed by atoms with E-state index in [-0.39, 0.29) is 16.9 Å². The zero-order chi connectivity index (χ0) is 13.8. The molecule has 0 radical (unpaired) electrons. The number of benzene rings is 2. The maximum Gasteiger partial charge on any atom is 0.310 e. The van der Waals surface area contributed by atoms with Crippen LogP contribution in [0.1, 0.15) is 5.56 Å². The first kappa shape index (κ1) is 12.4. The van der Waals surface area contributed by atoms with Crippen LogP contribution >= 0.6 is 0 Å². The van der Waals surface area contributed by atoms with E-state index in [4.69, 9.17) is 11.0 Å². The molecule has 19 heavy (non-hydrogen) atoms. The molecule has 0 heterocycles. The second-order valence-electron chi connectivity index (χ2n) is 3.82. The normalized spacial score (nSPS) is 9.63. The minimum Gasteiger partial charge on any atom is -0.399 e. The fourth-order valence-electron chi connectivity index (χ4n) is 1.65. The van der Waals surface area contributed by atoms with Gasteiger partial charge in [0.05, 0.1) is 4.92 Å². The second-order valence-corrected chi connectivity index (χ2v) is 3.82. The summed E-state index contributed by atoms with van der Waals surface area (Å²) in [7, 11) is 0. The van der Waals surface area contributed by atoms with Crippen LogP contribution in [-0.4, -0.2) is 4.92 Å². The van der Waals surface area contributed by atoms with Gasteiger partial charge in [0.2, 0.25) is 0 Å². The Bertz CT molecular complexity index is 659. The van der Waals surface area contributed by atoms with Crippen LogP contribution in [0.4, 0.5) is 22.7 Å². The molecule has 0 aromatic heterocycles. The summed E-state index contributed by atoms with van der Waals surface area (Å²) in [5, 5.41) is 22.8. The molecular weight excluding hydrogens is 244 g/mol. The molecule has 0 saturated carbocycles.